The molecule has 0 heterocycles. The van der Waals surface area contributed by atoms with Crippen LogP contribution in [0.25, 0.3) is 0 Å². The van der Waals surface area contributed by atoms with Crippen LogP contribution in [-0.4, -0.2) is 12.2 Å². The summed E-state index contributed by atoms with van der Waals surface area (Å²) in [6.07, 6.45) is 3.66. The van der Waals surface area contributed by atoms with Crippen molar-refractivity contribution in [2.75, 3.05) is 0 Å². The van der Waals surface area contributed by atoms with Crippen LogP contribution in [0, 0.1) is 17.3 Å². The van der Waals surface area contributed by atoms with Crippen LogP contribution in [0.4, 0.5) is 0 Å². The van der Waals surface area contributed by atoms with Crippen LogP contribution < -0.4 is 5.73 Å². The quantitative estimate of drug-likeness (QED) is 0.571. The summed E-state index contributed by atoms with van der Waals surface area (Å²) in [4.78, 5) is 21.5. The molecule has 0 aromatic rings. The van der Waals surface area contributed by atoms with Gasteiger partial charge in [-0.1, -0.05) is 0 Å². The summed E-state index contributed by atoms with van der Waals surface area (Å²) in [6, 6.07) is 0. The molecule has 0 saturated heterocycles. The number of fused-ring (bicyclic) bond motifs is 1. The summed E-state index contributed by atoms with van der Waals surface area (Å²) in [5.74, 6) is 0.0135. The van der Waals surface area contributed by atoms with E-state index in [1.165, 1.54) is 0 Å². The van der Waals surface area contributed by atoms with Gasteiger partial charge in [0.25, 0.3) is 0 Å². The summed E-state index contributed by atoms with van der Waals surface area (Å²) in [5, 5.41) is 0. The first kappa shape index (κ1) is 6.83. The highest BCUT2D eigenvalue weighted by Crippen LogP contribution is 2.64. The Morgan fingerprint density at radius 2 is 2.27 bits per heavy atom. The topological polar surface area (TPSA) is 60.2 Å². The average Bonchev–Trinajstić information content (AvgIpc) is 2.58. The van der Waals surface area contributed by atoms with Gasteiger partial charge < -0.3 is 10.5 Å². The fraction of sp³-hybridized carbons (Fsp3) is 0.750. The van der Waals surface area contributed by atoms with Crippen LogP contribution in [0.2, 0.25) is 0 Å². The van der Waals surface area contributed by atoms with E-state index in [0.29, 0.717) is 5.92 Å². The van der Waals surface area contributed by atoms with E-state index >= 15 is 0 Å². The first-order valence-electron chi connectivity index (χ1n) is 3.96. The molecule has 0 radical (unpaired) electrons. The van der Waals surface area contributed by atoms with Crippen molar-refractivity contribution in [1.29, 1.82) is 0 Å². The van der Waals surface area contributed by atoms with Crippen molar-refractivity contribution in [3.63, 3.8) is 0 Å². The van der Waals surface area contributed by atoms with Crippen molar-refractivity contribution in [1.82, 2.24) is 0 Å². The third-order valence-electron chi connectivity index (χ3n) is 3.22. The number of carbonyl (C=O) groups excluding carboxylic acids is 2. The van der Waals surface area contributed by atoms with E-state index in [-0.39, 0.29) is 17.2 Å². The predicted octanol–water partition coefficient (Wildman–Crippen LogP) is 0.0869. The van der Waals surface area contributed by atoms with E-state index in [9.17, 15) is 9.59 Å². The Bertz CT molecular complexity index is 226. The molecule has 2 fully saturated rings. The fourth-order valence-corrected chi connectivity index (χ4v) is 2.44. The van der Waals surface area contributed by atoms with Gasteiger partial charge >= 0.3 is 0 Å². The third kappa shape index (κ3) is 0.682. The normalized spacial score (nSPS) is 46.5. The molecule has 2 saturated carbocycles. The van der Waals surface area contributed by atoms with Crippen molar-refractivity contribution in [2.24, 2.45) is 23.0 Å². The molecule has 11 heavy (non-hydrogen) atoms. The van der Waals surface area contributed by atoms with E-state index in [1.807, 2.05) is 0 Å². The van der Waals surface area contributed by atoms with Gasteiger partial charge in [0.1, 0.15) is 6.29 Å². The number of hydrogen-bond acceptors (Lipinski definition) is 2. The molecule has 0 aromatic carbocycles. The Labute approximate surface area is 64.9 Å². The van der Waals surface area contributed by atoms with E-state index < -0.39 is 0 Å². The van der Waals surface area contributed by atoms with Crippen LogP contribution >= 0.6 is 0 Å². The summed E-state index contributed by atoms with van der Waals surface area (Å²) in [6.45, 7) is 0. The molecule has 0 aliphatic heterocycles. The second-order valence-electron chi connectivity index (χ2n) is 3.66. The standard InChI is InChI=1S/C8H11NO2/c9-7(11)6-2-1-5-3-8(5,6)4-10/h4-6H,1-3H2,(H2,9,11). The van der Waals surface area contributed by atoms with Crippen LogP contribution in [0.3, 0.4) is 0 Å². The maximum Gasteiger partial charge on any atom is 0.221 e. The minimum Gasteiger partial charge on any atom is -0.369 e. The largest absolute Gasteiger partial charge is 0.369 e. The third-order valence-corrected chi connectivity index (χ3v) is 3.22. The number of aldehydes is 1. The predicted molar refractivity (Wildman–Crippen MR) is 38.5 cm³/mol. The smallest absolute Gasteiger partial charge is 0.221 e. The molecule has 2 N–H and O–H groups in total. The second kappa shape index (κ2) is 1.84. The molecule has 0 bridgehead atoms. The number of primary amides is 1. The van der Waals surface area contributed by atoms with Gasteiger partial charge in [-0.3, -0.25) is 4.79 Å². The van der Waals surface area contributed by atoms with Crippen molar-refractivity contribution in [3.05, 3.63) is 0 Å². The van der Waals surface area contributed by atoms with Crippen LogP contribution in [0.5, 0.6) is 0 Å². The zero-order chi connectivity index (χ0) is 8.06. The van der Waals surface area contributed by atoms with E-state index in [4.69, 9.17) is 5.73 Å². The number of rotatable bonds is 2. The van der Waals surface area contributed by atoms with E-state index in [1.54, 1.807) is 0 Å². The number of hydrogen-bond donors (Lipinski definition) is 1. The molecule has 2 rings (SSSR count). The van der Waals surface area contributed by atoms with Gasteiger partial charge in [0, 0.05) is 5.41 Å². The molecule has 3 nitrogen and oxygen atoms in total. The van der Waals surface area contributed by atoms with Gasteiger partial charge in [0.05, 0.1) is 5.92 Å². The van der Waals surface area contributed by atoms with Gasteiger partial charge in [-0.15, -0.1) is 0 Å². The lowest BCUT2D eigenvalue weighted by molar-refractivity contribution is -0.127. The molecule has 0 aromatic heterocycles. The van der Waals surface area contributed by atoms with Gasteiger partial charge in [-0.2, -0.15) is 0 Å². The lowest BCUT2D eigenvalue weighted by Crippen LogP contribution is -2.30. The molecule has 2 aliphatic rings. The Hall–Kier alpha value is -0.860. The SMILES string of the molecule is NC(=O)C1CCC2CC21C=O. The molecule has 3 atom stereocenters. The monoisotopic (exact) mass is 153 g/mol. The molecule has 3 unspecified atom stereocenters. The van der Waals surface area contributed by atoms with Crippen molar-refractivity contribution in [3.8, 4) is 0 Å². The van der Waals surface area contributed by atoms with Crippen LogP contribution in [0.1, 0.15) is 19.3 Å². The molecule has 2 aliphatic carbocycles. The zero-order valence-electron chi connectivity index (χ0n) is 6.25. The maximum absolute atomic E-state index is 10.9. The molecule has 3 heteroatoms. The first-order chi connectivity index (χ1) is 5.20. The second-order valence-corrected chi connectivity index (χ2v) is 3.66. The minimum absolute atomic E-state index is 0.162. The van der Waals surface area contributed by atoms with E-state index in [2.05, 4.69) is 0 Å². The summed E-state index contributed by atoms with van der Waals surface area (Å²) < 4.78 is 0. The van der Waals surface area contributed by atoms with Crippen LogP contribution in [0.15, 0.2) is 0 Å². The molecule has 60 valence electrons. The number of nitrogens with two attached hydrogens (primary N) is 1. The average molecular weight is 153 g/mol. The Balaban J connectivity index is 2.23. The van der Waals surface area contributed by atoms with Crippen molar-refractivity contribution in [2.45, 2.75) is 19.3 Å². The fourth-order valence-electron chi connectivity index (χ4n) is 2.44. The Kier molecular flexibility index (Phi) is 1.14. The lowest BCUT2D eigenvalue weighted by Gasteiger charge is -2.12. The summed E-state index contributed by atoms with van der Waals surface area (Å²) >= 11 is 0. The van der Waals surface area contributed by atoms with Gasteiger partial charge in [-0.05, 0) is 25.2 Å². The van der Waals surface area contributed by atoms with Gasteiger partial charge in [-0.25, -0.2) is 0 Å². The minimum atomic E-state index is -0.314. The summed E-state index contributed by atoms with van der Waals surface area (Å²) in [7, 11) is 0. The Morgan fingerprint density at radius 1 is 1.55 bits per heavy atom. The molecular formula is C8H11NO2. The highest BCUT2D eigenvalue weighted by molar-refractivity contribution is 5.84. The molecule has 1 amide bonds. The van der Waals surface area contributed by atoms with Gasteiger partial charge in [0.2, 0.25) is 5.91 Å². The highest BCUT2D eigenvalue weighted by atomic mass is 16.1. The number of carbonyl (C=O) groups is 2. The number of amides is 1. The lowest BCUT2D eigenvalue weighted by atomic mass is 9.91. The molecule has 0 spiro atoms. The van der Waals surface area contributed by atoms with E-state index in [0.717, 1.165) is 25.5 Å². The van der Waals surface area contributed by atoms with Crippen LogP contribution in [-0.2, 0) is 9.59 Å². The highest BCUT2D eigenvalue weighted by Gasteiger charge is 2.64. The molecular weight excluding hydrogens is 142 g/mol. The maximum atomic E-state index is 10.9. The summed E-state index contributed by atoms with van der Waals surface area (Å²) in [5.41, 5.74) is 4.86. The first-order valence-corrected chi connectivity index (χ1v) is 3.96. The van der Waals surface area contributed by atoms with Crippen molar-refractivity contribution < 1.29 is 9.59 Å². The van der Waals surface area contributed by atoms with Gasteiger partial charge in [0.15, 0.2) is 0 Å². The zero-order valence-corrected chi connectivity index (χ0v) is 6.25. The Morgan fingerprint density at radius 3 is 2.64 bits per heavy atom. The van der Waals surface area contributed by atoms with Crippen molar-refractivity contribution >= 4 is 12.2 Å².